The molecule has 0 saturated heterocycles. The highest BCUT2D eigenvalue weighted by Crippen LogP contribution is 2.25. The van der Waals surface area contributed by atoms with E-state index in [1.165, 1.54) is 11.3 Å². The number of nitrogens with zero attached hydrogens (tertiary/aromatic N) is 1. The van der Waals surface area contributed by atoms with Crippen molar-refractivity contribution in [2.24, 2.45) is 0 Å². The summed E-state index contributed by atoms with van der Waals surface area (Å²) < 4.78 is 1.05. The molecule has 102 valence electrons. The van der Waals surface area contributed by atoms with Crippen molar-refractivity contribution < 1.29 is 0 Å². The zero-order valence-corrected chi connectivity index (χ0v) is 12.9. The Bertz CT molecular complexity index is 796. The van der Waals surface area contributed by atoms with Crippen molar-refractivity contribution >= 4 is 38.2 Å². The number of benzene rings is 1. The molecule has 0 spiro atoms. The summed E-state index contributed by atoms with van der Waals surface area (Å²) in [4.78, 5) is 18.3. The molecule has 0 aliphatic heterocycles. The van der Waals surface area contributed by atoms with Gasteiger partial charge >= 0.3 is 4.87 Å². The molecule has 1 aromatic carbocycles. The fourth-order valence-electron chi connectivity index (χ4n) is 2.07. The number of nitrogens with one attached hydrogen (secondary N) is 2. The minimum absolute atomic E-state index is 0.0161. The third-order valence-corrected chi connectivity index (χ3v) is 4.41. The van der Waals surface area contributed by atoms with Gasteiger partial charge in [-0.1, -0.05) is 39.4 Å². The SMILES string of the molecule is O=c1[nH]c(CNCc2ccc(Br)c3cccnc23)cs1. The Hall–Kier alpha value is -1.50. The largest absolute Gasteiger partial charge is 0.315 e. The first-order valence-electron chi connectivity index (χ1n) is 6.13. The summed E-state index contributed by atoms with van der Waals surface area (Å²) in [5, 5.41) is 6.27. The van der Waals surface area contributed by atoms with E-state index in [0.29, 0.717) is 13.1 Å². The quantitative estimate of drug-likeness (QED) is 0.761. The number of aromatic nitrogens is 2. The van der Waals surface area contributed by atoms with Crippen LogP contribution in [0.25, 0.3) is 10.9 Å². The van der Waals surface area contributed by atoms with Gasteiger partial charge in [-0.15, -0.1) is 0 Å². The number of halogens is 1. The summed E-state index contributed by atoms with van der Waals surface area (Å²) in [6, 6.07) is 8.07. The molecular formula is C14H12BrN3OS. The van der Waals surface area contributed by atoms with Gasteiger partial charge in [0.15, 0.2) is 0 Å². The molecule has 20 heavy (non-hydrogen) atoms. The Morgan fingerprint density at radius 1 is 1.30 bits per heavy atom. The molecule has 0 saturated carbocycles. The lowest BCUT2D eigenvalue weighted by atomic mass is 10.1. The van der Waals surface area contributed by atoms with Crippen LogP contribution >= 0.6 is 27.3 Å². The molecule has 2 aromatic heterocycles. The molecule has 0 amide bonds. The van der Waals surface area contributed by atoms with Crippen LogP contribution in [0, 0.1) is 0 Å². The average molecular weight is 350 g/mol. The molecule has 2 heterocycles. The molecule has 2 N–H and O–H groups in total. The first-order valence-corrected chi connectivity index (χ1v) is 7.81. The number of hydrogen-bond acceptors (Lipinski definition) is 4. The number of thiazole rings is 1. The Labute approximate surface area is 128 Å². The highest BCUT2D eigenvalue weighted by atomic mass is 79.9. The van der Waals surface area contributed by atoms with Gasteiger partial charge in [0.1, 0.15) is 0 Å². The number of fused-ring (bicyclic) bond motifs is 1. The Morgan fingerprint density at radius 3 is 3.00 bits per heavy atom. The summed E-state index contributed by atoms with van der Waals surface area (Å²) in [5.41, 5.74) is 3.05. The van der Waals surface area contributed by atoms with Crippen LogP contribution in [0.2, 0.25) is 0 Å². The van der Waals surface area contributed by atoms with Crippen molar-refractivity contribution in [1.82, 2.24) is 15.3 Å². The lowest BCUT2D eigenvalue weighted by Crippen LogP contribution is -2.14. The summed E-state index contributed by atoms with van der Waals surface area (Å²) in [6.45, 7) is 1.35. The zero-order valence-electron chi connectivity index (χ0n) is 10.5. The molecular weight excluding hydrogens is 338 g/mol. The van der Waals surface area contributed by atoms with Gasteiger partial charge < -0.3 is 10.3 Å². The van der Waals surface area contributed by atoms with Gasteiger partial charge in [-0.2, -0.15) is 0 Å². The third kappa shape index (κ3) is 2.82. The standard InChI is InChI=1S/C14H12BrN3OS/c15-12-4-3-9(13-11(12)2-1-5-17-13)6-16-7-10-8-20-14(19)18-10/h1-5,8,16H,6-7H2,(H,18,19). The molecule has 6 heteroatoms. The van der Waals surface area contributed by atoms with Gasteiger partial charge in [-0.25, -0.2) is 0 Å². The molecule has 3 aromatic rings. The van der Waals surface area contributed by atoms with Crippen molar-refractivity contribution in [3.8, 4) is 0 Å². The summed E-state index contributed by atoms with van der Waals surface area (Å²) in [7, 11) is 0. The molecule has 0 fully saturated rings. The number of pyridine rings is 1. The van der Waals surface area contributed by atoms with Crippen LogP contribution in [0.4, 0.5) is 0 Å². The van der Waals surface area contributed by atoms with E-state index in [-0.39, 0.29) is 4.87 Å². The van der Waals surface area contributed by atoms with Crippen molar-refractivity contribution in [2.75, 3.05) is 0 Å². The van der Waals surface area contributed by atoms with E-state index in [1.54, 1.807) is 6.20 Å². The summed E-state index contributed by atoms with van der Waals surface area (Å²) >= 11 is 4.73. The molecule has 0 radical (unpaired) electrons. The predicted octanol–water partition coefficient (Wildman–Crippen LogP) is 3.04. The molecule has 0 aliphatic rings. The van der Waals surface area contributed by atoms with Crippen molar-refractivity contribution in [1.29, 1.82) is 0 Å². The van der Waals surface area contributed by atoms with Crippen LogP contribution in [0.5, 0.6) is 0 Å². The van der Waals surface area contributed by atoms with Crippen LogP contribution in [0.15, 0.2) is 45.1 Å². The molecule has 0 aliphatic carbocycles. The van der Waals surface area contributed by atoms with Gasteiger partial charge in [0.05, 0.1) is 5.52 Å². The topological polar surface area (TPSA) is 57.8 Å². The fraction of sp³-hybridized carbons (Fsp3) is 0.143. The number of aromatic amines is 1. The Morgan fingerprint density at radius 2 is 2.20 bits per heavy atom. The van der Waals surface area contributed by atoms with Crippen LogP contribution in [0.1, 0.15) is 11.3 Å². The lowest BCUT2D eigenvalue weighted by Gasteiger charge is -2.08. The minimum atomic E-state index is -0.0161. The first kappa shape index (κ1) is 13.5. The second-order valence-corrected chi connectivity index (χ2v) is 6.08. The highest BCUT2D eigenvalue weighted by molar-refractivity contribution is 9.10. The number of hydrogen-bond donors (Lipinski definition) is 2. The van der Waals surface area contributed by atoms with Gasteiger partial charge in [-0.05, 0) is 17.7 Å². The maximum absolute atomic E-state index is 11.1. The maximum Gasteiger partial charge on any atom is 0.304 e. The first-order chi connectivity index (χ1) is 9.74. The summed E-state index contributed by atoms with van der Waals surface area (Å²) in [6.07, 6.45) is 1.80. The van der Waals surface area contributed by atoms with E-state index in [1.807, 2.05) is 23.6 Å². The van der Waals surface area contributed by atoms with Crippen LogP contribution in [-0.2, 0) is 13.1 Å². The number of rotatable bonds is 4. The second-order valence-electron chi connectivity index (χ2n) is 4.38. The van der Waals surface area contributed by atoms with E-state index >= 15 is 0 Å². The van der Waals surface area contributed by atoms with Gasteiger partial charge in [0.25, 0.3) is 0 Å². The smallest absolute Gasteiger partial charge is 0.304 e. The molecule has 4 nitrogen and oxygen atoms in total. The minimum Gasteiger partial charge on any atom is -0.315 e. The van der Waals surface area contributed by atoms with E-state index in [2.05, 4.69) is 37.3 Å². The van der Waals surface area contributed by atoms with Crippen LogP contribution in [-0.4, -0.2) is 9.97 Å². The average Bonchev–Trinajstić information content (AvgIpc) is 2.87. The Balaban J connectivity index is 1.78. The van der Waals surface area contributed by atoms with Gasteiger partial charge in [0.2, 0.25) is 0 Å². The molecule has 0 atom stereocenters. The molecule has 0 bridgehead atoms. The van der Waals surface area contributed by atoms with E-state index in [0.717, 1.165) is 26.6 Å². The maximum atomic E-state index is 11.1. The van der Waals surface area contributed by atoms with E-state index < -0.39 is 0 Å². The monoisotopic (exact) mass is 349 g/mol. The highest BCUT2D eigenvalue weighted by Gasteiger charge is 2.05. The fourth-order valence-corrected chi connectivity index (χ4v) is 3.11. The summed E-state index contributed by atoms with van der Waals surface area (Å²) in [5.74, 6) is 0. The normalized spacial score (nSPS) is 11.1. The molecule has 3 rings (SSSR count). The van der Waals surface area contributed by atoms with Crippen molar-refractivity contribution in [3.63, 3.8) is 0 Å². The van der Waals surface area contributed by atoms with Crippen molar-refractivity contribution in [3.05, 3.63) is 61.2 Å². The molecule has 0 unspecified atom stereocenters. The second kappa shape index (κ2) is 5.87. The van der Waals surface area contributed by atoms with E-state index in [9.17, 15) is 4.79 Å². The van der Waals surface area contributed by atoms with Gasteiger partial charge in [-0.3, -0.25) is 9.78 Å². The van der Waals surface area contributed by atoms with Crippen LogP contribution < -0.4 is 10.2 Å². The lowest BCUT2D eigenvalue weighted by molar-refractivity contribution is 0.684. The zero-order chi connectivity index (χ0) is 13.9. The third-order valence-electron chi connectivity index (χ3n) is 3.00. The van der Waals surface area contributed by atoms with E-state index in [4.69, 9.17) is 0 Å². The van der Waals surface area contributed by atoms with Gasteiger partial charge in [0, 0.05) is 40.2 Å². The van der Waals surface area contributed by atoms with Crippen LogP contribution in [0.3, 0.4) is 0 Å². The predicted molar refractivity (Wildman–Crippen MR) is 84.9 cm³/mol. The number of H-pyrrole nitrogens is 1. The van der Waals surface area contributed by atoms with Crippen molar-refractivity contribution in [2.45, 2.75) is 13.1 Å². The Kier molecular flexibility index (Phi) is 3.95.